The largest absolute Gasteiger partial charge is 0.298 e. The van der Waals surface area contributed by atoms with E-state index in [2.05, 4.69) is 15.3 Å². The van der Waals surface area contributed by atoms with Gasteiger partial charge in [-0.05, 0) is 23.9 Å². The lowest BCUT2D eigenvalue weighted by Crippen LogP contribution is -2.29. The molecule has 2 aromatic heterocycles. The number of carbonyl (C=O) groups excluding carboxylic acids is 1. The molecule has 1 aliphatic heterocycles. The number of pyridine rings is 1. The summed E-state index contributed by atoms with van der Waals surface area (Å²) in [4.78, 5) is 18.5. The number of nitrogens with zero attached hydrogens (tertiary/aromatic N) is 5. The monoisotopic (exact) mass is 353 g/mol. The van der Waals surface area contributed by atoms with Crippen molar-refractivity contribution >= 4 is 16.6 Å². The summed E-state index contributed by atoms with van der Waals surface area (Å²) < 4.78 is 14.9. The Kier molecular flexibility index (Phi) is 4.46. The molecule has 1 aliphatic rings. The summed E-state index contributed by atoms with van der Waals surface area (Å²) in [7, 11) is 1.83. The molecule has 0 amide bonds. The number of benzene rings is 1. The Hall–Kier alpha value is -2.67. The summed E-state index contributed by atoms with van der Waals surface area (Å²) in [6, 6.07) is 7.95. The summed E-state index contributed by atoms with van der Waals surface area (Å²) >= 11 is 0. The molecule has 7 heteroatoms. The highest BCUT2D eigenvalue weighted by Crippen LogP contribution is 2.23. The van der Waals surface area contributed by atoms with Gasteiger partial charge in [0.25, 0.3) is 0 Å². The number of Topliss-reactive ketones (excluding diaryl/α,β-unsaturated/α-hetero) is 1. The van der Waals surface area contributed by atoms with Crippen molar-refractivity contribution in [2.24, 2.45) is 7.05 Å². The normalized spacial score (nSPS) is 17.8. The van der Waals surface area contributed by atoms with Crippen molar-refractivity contribution in [2.75, 3.05) is 19.6 Å². The van der Waals surface area contributed by atoms with Crippen LogP contribution < -0.4 is 0 Å². The van der Waals surface area contributed by atoms with E-state index in [1.165, 1.54) is 0 Å². The van der Waals surface area contributed by atoms with Crippen molar-refractivity contribution in [1.29, 1.82) is 0 Å². The molecule has 0 spiro atoms. The molecule has 0 aliphatic carbocycles. The first kappa shape index (κ1) is 16.8. The van der Waals surface area contributed by atoms with Crippen molar-refractivity contribution in [3.8, 4) is 11.3 Å². The molecule has 0 radical (unpaired) electrons. The van der Waals surface area contributed by atoms with E-state index < -0.39 is 6.17 Å². The van der Waals surface area contributed by atoms with Crippen LogP contribution in [0.3, 0.4) is 0 Å². The van der Waals surface area contributed by atoms with Gasteiger partial charge in [-0.1, -0.05) is 17.3 Å². The molecule has 0 unspecified atom stereocenters. The Labute approximate surface area is 150 Å². The van der Waals surface area contributed by atoms with Gasteiger partial charge in [0.05, 0.1) is 19.2 Å². The van der Waals surface area contributed by atoms with Gasteiger partial charge in [0.15, 0.2) is 5.78 Å². The Morgan fingerprint density at radius 3 is 2.92 bits per heavy atom. The molecule has 26 heavy (non-hydrogen) atoms. The number of hydrogen-bond donors (Lipinski definition) is 0. The average molecular weight is 353 g/mol. The van der Waals surface area contributed by atoms with E-state index in [0.717, 1.165) is 27.7 Å². The minimum absolute atomic E-state index is 0.0658. The Bertz CT molecular complexity index is 954. The summed E-state index contributed by atoms with van der Waals surface area (Å²) in [5.74, 6) is 0.0658. The second-order valence-electron chi connectivity index (χ2n) is 6.85. The number of halogens is 1. The standard InChI is InChI=1S/C19H20FN5O/c1-24-12-19(22-23-24)13-2-3-14-9-21-17(7-15(14)6-13)8-18(26)11-25-5-4-16(20)10-25/h2-3,6-7,9,12,16H,4-5,8,10-11H2,1H3/t16-/m1/s1. The maximum Gasteiger partial charge on any atom is 0.152 e. The first-order chi connectivity index (χ1) is 12.6. The molecule has 1 atom stereocenters. The summed E-state index contributed by atoms with van der Waals surface area (Å²) in [5.41, 5.74) is 2.51. The zero-order chi connectivity index (χ0) is 18.1. The van der Waals surface area contributed by atoms with Crippen LogP contribution in [0.2, 0.25) is 0 Å². The van der Waals surface area contributed by atoms with E-state index >= 15 is 0 Å². The number of ketones is 1. The molecule has 134 valence electrons. The predicted molar refractivity (Wildman–Crippen MR) is 96.4 cm³/mol. The smallest absolute Gasteiger partial charge is 0.152 e. The highest BCUT2D eigenvalue weighted by Gasteiger charge is 2.23. The molecule has 3 aromatic rings. The first-order valence-electron chi connectivity index (χ1n) is 8.70. The lowest BCUT2D eigenvalue weighted by Gasteiger charge is -2.13. The number of likely N-dealkylation sites (tertiary alicyclic amines) is 1. The van der Waals surface area contributed by atoms with E-state index in [1.54, 1.807) is 10.9 Å². The van der Waals surface area contributed by atoms with E-state index in [1.807, 2.05) is 42.4 Å². The molecule has 6 nitrogen and oxygen atoms in total. The molecule has 4 rings (SSSR count). The second-order valence-corrected chi connectivity index (χ2v) is 6.85. The van der Waals surface area contributed by atoms with Crippen molar-refractivity contribution < 1.29 is 9.18 Å². The van der Waals surface area contributed by atoms with E-state index in [0.29, 0.717) is 26.1 Å². The van der Waals surface area contributed by atoms with Crippen LogP contribution in [0.15, 0.2) is 36.7 Å². The zero-order valence-corrected chi connectivity index (χ0v) is 14.6. The third-order valence-corrected chi connectivity index (χ3v) is 4.67. The number of alkyl halides is 1. The number of rotatable bonds is 5. The third kappa shape index (κ3) is 3.62. The fourth-order valence-electron chi connectivity index (χ4n) is 3.36. The number of hydrogen-bond acceptors (Lipinski definition) is 5. The van der Waals surface area contributed by atoms with Gasteiger partial charge < -0.3 is 0 Å². The number of carbonyl (C=O) groups is 1. The summed E-state index contributed by atoms with van der Waals surface area (Å²) in [6.45, 7) is 1.30. The quantitative estimate of drug-likeness (QED) is 0.703. The van der Waals surface area contributed by atoms with Gasteiger partial charge >= 0.3 is 0 Å². The number of aromatic nitrogens is 4. The third-order valence-electron chi connectivity index (χ3n) is 4.67. The van der Waals surface area contributed by atoms with Crippen LogP contribution in [0.4, 0.5) is 4.39 Å². The van der Waals surface area contributed by atoms with E-state index in [4.69, 9.17) is 0 Å². The molecule has 0 bridgehead atoms. The van der Waals surface area contributed by atoms with Crippen LogP contribution in [0.25, 0.3) is 22.0 Å². The van der Waals surface area contributed by atoms with Crippen molar-refractivity contribution in [1.82, 2.24) is 24.9 Å². The Balaban J connectivity index is 1.51. The Morgan fingerprint density at radius 1 is 1.31 bits per heavy atom. The first-order valence-corrected chi connectivity index (χ1v) is 8.70. The molecule has 0 saturated carbocycles. The van der Waals surface area contributed by atoms with Crippen molar-refractivity contribution in [3.63, 3.8) is 0 Å². The van der Waals surface area contributed by atoms with E-state index in [-0.39, 0.29) is 12.2 Å². The minimum Gasteiger partial charge on any atom is -0.298 e. The van der Waals surface area contributed by atoms with Crippen LogP contribution in [0.5, 0.6) is 0 Å². The highest BCUT2D eigenvalue weighted by atomic mass is 19.1. The molecule has 1 saturated heterocycles. The molecule has 0 N–H and O–H groups in total. The van der Waals surface area contributed by atoms with Gasteiger partial charge in [0, 0.05) is 43.0 Å². The molecule has 1 aromatic carbocycles. The second kappa shape index (κ2) is 6.92. The van der Waals surface area contributed by atoms with Crippen LogP contribution in [-0.2, 0) is 18.3 Å². The van der Waals surface area contributed by atoms with Gasteiger partial charge in [-0.25, -0.2) is 4.39 Å². The van der Waals surface area contributed by atoms with Crippen LogP contribution in [0.1, 0.15) is 12.1 Å². The fraction of sp³-hybridized carbons (Fsp3) is 0.368. The maximum absolute atomic E-state index is 13.2. The van der Waals surface area contributed by atoms with Crippen molar-refractivity contribution in [2.45, 2.75) is 19.0 Å². The summed E-state index contributed by atoms with van der Waals surface area (Å²) in [5, 5.41) is 10.1. The average Bonchev–Trinajstić information content (AvgIpc) is 3.22. The zero-order valence-electron chi connectivity index (χ0n) is 14.6. The minimum atomic E-state index is -0.805. The number of fused-ring (bicyclic) bond motifs is 1. The highest BCUT2D eigenvalue weighted by molar-refractivity contribution is 5.88. The summed E-state index contributed by atoms with van der Waals surface area (Å²) in [6.07, 6.45) is 3.62. The molecule has 1 fully saturated rings. The molecular formula is C19H20FN5O. The Morgan fingerprint density at radius 2 is 2.19 bits per heavy atom. The van der Waals surface area contributed by atoms with Crippen LogP contribution in [-0.4, -0.2) is 56.5 Å². The molecule has 3 heterocycles. The number of aryl methyl sites for hydroxylation is 1. The van der Waals surface area contributed by atoms with Crippen molar-refractivity contribution in [3.05, 3.63) is 42.4 Å². The van der Waals surface area contributed by atoms with E-state index in [9.17, 15) is 9.18 Å². The van der Waals surface area contributed by atoms with Gasteiger partial charge in [0.2, 0.25) is 0 Å². The lowest BCUT2D eigenvalue weighted by atomic mass is 10.0. The lowest BCUT2D eigenvalue weighted by molar-refractivity contribution is -0.119. The van der Waals surface area contributed by atoms with Crippen LogP contribution in [0, 0.1) is 0 Å². The predicted octanol–water partition coefficient (Wildman–Crippen LogP) is 2.19. The van der Waals surface area contributed by atoms with Gasteiger partial charge in [0.1, 0.15) is 11.9 Å². The van der Waals surface area contributed by atoms with Gasteiger partial charge in [-0.15, -0.1) is 5.10 Å². The fourth-order valence-corrected chi connectivity index (χ4v) is 3.36. The topological polar surface area (TPSA) is 63.9 Å². The van der Waals surface area contributed by atoms with Gasteiger partial charge in [-0.3, -0.25) is 19.4 Å². The van der Waals surface area contributed by atoms with Crippen LogP contribution >= 0.6 is 0 Å². The van der Waals surface area contributed by atoms with Gasteiger partial charge in [-0.2, -0.15) is 0 Å². The maximum atomic E-state index is 13.2. The SMILES string of the molecule is Cn1cc(-c2ccc3cnc(CC(=O)CN4CC[C@@H](F)C4)cc3c2)nn1. The molecular weight excluding hydrogens is 333 g/mol.